The SMILES string of the molecule is CCCCc1ccc(NC(=O)[C@@H](C)N2C(=O)c3ccccc3C2=O)cc1. The van der Waals surface area contributed by atoms with Crippen LogP contribution in [0.2, 0.25) is 0 Å². The summed E-state index contributed by atoms with van der Waals surface area (Å²) < 4.78 is 0. The first-order valence-electron chi connectivity index (χ1n) is 8.89. The summed E-state index contributed by atoms with van der Waals surface area (Å²) in [4.78, 5) is 38.5. The number of fused-ring (bicyclic) bond motifs is 1. The van der Waals surface area contributed by atoms with Crippen molar-refractivity contribution in [3.8, 4) is 0 Å². The quantitative estimate of drug-likeness (QED) is 0.809. The zero-order valence-corrected chi connectivity index (χ0v) is 15.0. The fourth-order valence-corrected chi connectivity index (χ4v) is 3.06. The van der Waals surface area contributed by atoms with E-state index < -0.39 is 17.9 Å². The molecular weight excluding hydrogens is 328 g/mol. The number of nitrogens with zero attached hydrogens (tertiary/aromatic N) is 1. The van der Waals surface area contributed by atoms with Crippen molar-refractivity contribution in [1.29, 1.82) is 0 Å². The molecule has 3 amide bonds. The van der Waals surface area contributed by atoms with Crippen molar-refractivity contribution in [2.24, 2.45) is 0 Å². The Morgan fingerprint density at radius 2 is 1.58 bits per heavy atom. The largest absolute Gasteiger partial charge is 0.324 e. The van der Waals surface area contributed by atoms with E-state index in [-0.39, 0.29) is 5.91 Å². The molecule has 1 heterocycles. The van der Waals surface area contributed by atoms with Crippen LogP contribution in [0.4, 0.5) is 5.69 Å². The molecule has 0 aromatic heterocycles. The molecule has 0 saturated heterocycles. The van der Waals surface area contributed by atoms with E-state index in [1.165, 1.54) is 5.56 Å². The molecule has 0 saturated carbocycles. The van der Waals surface area contributed by atoms with Crippen LogP contribution in [0.5, 0.6) is 0 Å². The summed E-state index contributed by atoms with van der Waals surface area (Å²) in [6, 6.07) is 13.4. The van der Waals surface area contributed by atoms with Gasteiger partial charge in [-0.3, -0.25) is 19.3 Å². The van der Waals surface area contributed by atoms with Gasteiger partial charge in [0.2, 0.25) is 5.91 Å². The fourth-order valence-electron chi connectivity index (χ4n) is 3.06. The monoisotopic (exact) mass is 350 g/mol. The maximum atomic E-state index is 12.5. The maximum Gasteiger partial charge on any atom is 0.262 e. The Morgan fingerprint density at radius 3 is 2.12 bits per heavy atom. The third-order valence-electron chi connectivity index (χ3n) is 4.63. The van der Waals surface area contributed by atoms with E-state index in [0.29, 0.717) is 16.8 Å². The highest BCUT2D eigenvalue weighted by atomic mass is 16.2. The molecule has 5 heteroatoms. The molecule has 0 bridgehead atoms. The van der Waals surface area contributed by atoms with E-state index in [1.54, 1.807) is 31.2 Å². The average molecular weight is 350 g/mol. The Kier molecular flexibility index (Phi) is 5.16. The molecule has 2 aromatic rings. The third kappa shape index (κ3) is 3.38. The predicted molar refractivity (Wildman–Crippen MR) is 100 cm³/mol. The van der Waals surface area contributed by atoms with Gasteiger partial charge in [-0.25, -0.2) is 0 Å². The van der Waals surface area contributed by atoms with Gasteiger partial charge in [0.05, 0.1) is 11.1 Å². The minimum Gasteiger partial charge on any atom is -0.324 e. The van der Waals surface area contributed by atoms with Crippen LogP contribution in [0.3, 0.4) is 0 Å². The molecule has 1 aliphatic heterocycles. The highest BCUT2D eigenvalue weighted by molar-refractivity contribution is 6.23. The minimum absolute atomic E-state index is 0.345. The summed E-state index contributed by atoms with van der Waals surface area (Å²) in [5.74, 6) is -1.24. The fraction of sp³-hybridized carbons (Fsp3) is 0.286. The lowest BCUT2D eigenvalue weighted by atomic mass is 10.1. The number of nitrogens with one attached hydrogen (secondary N) is 1. The summed E-state index contributed by atoms with van der Waals surface area (Å²) >= 11 is 0. The first-order chi connectivity index (χ1) is 12.5. The Balaban J connectivity index is 1.69. The van der Waals surface area contributed by atoms with Crippen molar-refractivity contribution < 1.29 is 14.4 Å². The standard InChI is InChI=1S/C21H22N2O3/c1-3-4-7-15-10-12-16(13-11-15)22-19(24)14(2)23-20(25)17-8-5-6-9-18(17)21(23)26/h5-6,8-14H,3-4,7H2,1-2H3,(H,22,24)/t14-/m1/s1. The van der Waals surface area contributed by atoms with Gasteiger partial charge in [-0.2, -0.15) is 0 Å². The van der Waals surface area contributed by atoms with Crippen LogP contribution in [0.25, 0.3) is 0 Å². The van der Waals surface area contributed by atoms with Gasteiger partial charge in [-0.15, -0.1) is 0 Å². The summed E-state index contributed by atoms with van der Waals surface area (Å²) in [6.07, 6.45) is 3.27. The molecule has 0 aliphatic carbocycles. The molecular formula is C21H22N2O3. The van der Waals surface area contributed by atoms with Crippen molar-refractivity contribution in [2.75, 3.05) is 5.32 Å². The number of rotatable bonds is 6. The second kappa shape index (κ2) is 7.52. The second-order valence-corrected chi connectivity index (χ2v) is 6.49. The van der Waals surface area contributed by atoms with Gasteiger partial charge in [0.1, 0.15) is 6.04 Å². The Hall–Kier alpha value is -2.95. The molecule has 3 rings (SSSR count). The van der Waals surface area contributed by atoms with Gasteiger partial charge in [0.15, 0.2) is 0 Å². The molecule has 0 spiro atoms. The van der Waals surface area contributed by atoms with Crippen LogP contribution in [0, 0.1) is 0 Å². The summed E-state index contributed by atoms with van der Waals surface area (Å²) in [7, 11) is 0. The number of imide groups is 1. The van der Waals surface area contributed by atoms with Crippen LogP contribution in [-0.2, 0) is 11.2 Å². The van der Waals surface area contributed by atoms with Gasteiger partial charge in [-0.05, 0) is 49.6 Å². The molecule has 134 valence electrons. The smallest absolute Gasteiger partial charge is 0.262 e. The first kappa shape index (κ1) is 17.9. The van der Waals surface area contributed by atoms with Gasteiger partial charge < -0.3 is 5.32 Å². The number of carbonyl (C=O) groups is 3. The van der Waals surface area contributed by atoms with Crippen LogP contribution >= 0.6 is 0 Å². The summed E-state index contributed by atoms with van der Waals surface area (Å²) in [5.41, 5.74) is 2.56. The van der Waals surface area contributed by atoms with E-state index in [0.717, 1.165) is 24.2 Å². The number of unbranched alkanes of at least 4 members (excludes halogenated alkanes) is 1. The normalized spacial score (nSPS) is 14.3. The molecule has 26 heavy (non-hydrogen) atoms. The maximum absolute atomic E-state index is 12.5. The summed E-state index contributed by atoms with van der Waals surface area (Å²) in [6.45, 7) is 3.71. The number of hydrogen-bond donors (Lipinski definition) is 1. The molecule has 1 N–H and O–H groups in total. The number of anilines is 1. The topological polar surface area (TPSA) is 66.5 Å². The molecule has 0 radical (unpaired) electrons. The van der Waals surface area contributed by atoms with Crippen LogP contribution in [0.15, 0.2) is 48.5 Å². The molecule has 0 unspecified atom stereocenters. The number of aryl methyl sites for hydroxylation is 1. The molecule has 1 aliphatic rings. The Labute approximate surface area is 153 Å². The zero-order valence-electron chi connectivity index (χ0n) is 15.0. The molecule has 5 nitrogen and oxygen atoms in total. The van der Waals surface area contributed by atoms with Gasteiger partial charge >= 0.3 is 0 Å². The third-order valence-corrected chi connectivity index (χ3v) is 4.63. The van der Waals surface area contributed by atoms with Crippen molar-refractivity contribution in [2.45, 2.75) is 39.2 Å². The van der Waals surface area contributed by atoms with E-state index in [2.05, 4.69) is 12.2 Å². The number of amides is 3. The van der Waals surface area contributed by atoms with E-state index in [4.69, 9.17) is 0 Å². The molecule has 1 atom stereocenters. The number of carbonyl (C=O) groups excluding carboxylic acids is 3. The van der Waals surface area contributed by atoms with Crippen molar-refractivity contribution in [3.63, 3.8) is 0 Å². The zero-order chi connectivity index (χ0) is 18.7. The van der Waals surface area contributed by atoms with E-state index in [1.807, 2.05) is 24.3 Å². The Bertz CT molecular complexity index is 808. The Morgan fingerprint density at radius 1 is 1.00 bits per heavy atom. The number of benzene rings is 2. The van der Waals surface area contributed by atoms with Gasteiger partial charge in [0.25, 0.3) is 11.8 Å². The first-order valence-corrected chi connectivity index (χ1v) is 8.89. The average Bonchev–Trinajstić information content (AvgIpc) is 2.91. The van der Waals surface area contributed by atoms with Crippen LogP contribution in [0.1, 0.15) is 53.0 Å². The lowest BCUT2D eigenvalue weighted by molar-refractivity contribution is -0.119. The lowest BCUT2D eigenvalue weighted by Crippen LogP contribution is -2.45. The van der Waals surface area contributed by atoms with E-state index in [9.17, 15) is 14.4 Å². The molecule has 2 aromatic carbocycles. The van der Waals surface area contributed by atoms with E-state index >= 15 is 0 Å². The highest BCUT2D eigenvalue weighted by Gasteiger charge is 2.40. The van der Waals surface area contributed by atoms with Crippen molar-refractivity contribution >= 4 is 23.4 Å². The summed E-state index contributed by atoms with van der Waals surface area (Å²) in [5, 5.41) is 2.78. The van der Waals surface area contributed by atoms with Gasteiger partial charge in [0, 0.05) is 5.69 Å². The molecule has 0 fully saturated rings. The van der Waals surface area contributed by atoms with Crippen LogP contribution < -0.4 is 5.32 Å². The van der Waals surface area contributed by atoms with Gasteiger partial charge in [-0.1, -0.05) is 37.6 Å². The van der Waals surface area contributed by atoms with Crippen molar-refractivity contribution in [1.82, 2.24) is 4.90 Å². The lowest BCUT2D eigenvalue weighted by Gasteiger charge is -2.21. The van der Waals surface area contributed by atoms with Crippen molar-refractivity contribution in [3.05, 3.63) is 65.2 Å². The van der Waals surface area contributed by atoms with Crippen LogP contribution in [-0.4, -0.2) is 28.7 Å². The highest BCUT2D eigenvalue weighted by Crippen LogP contribution is 2.25. The predicted octanol–water partition coefficient (Wildman–Crippen LogP) is 3.65. The minimum atomic E-state index is -0.887. The second-order valence-electron chi connectivity index (χ2n) is 6.49. The number of hydrogen-bond acceptors (Lipinski definition) is 3.